The second-order valence-corrected chi connectivity index (χ2v) is 6.04. The van der Waals surface area contributed by atoms with E-state index in [9.17, 15) is 18.0 Å². The molecule has 1 amide bonds. The van der Waals surface area contributed by atoms with Crippen molar-refractivity contribution in [2.24, 2.45) is 0 Å². The Bertz CT molecular complexity index is 408. The summed E-state index contributed by atoms with van der Waals surface area (Å²) in [7, 11) is 0. The topological polar surface area (TPSA) is 23.6 Å². The van der Waals surface area contributed by atoms with Gasteiger partial charge in [-0.1, -0.05) is 21.5 Å². The SMILES string of the molecule is CC1=C(Br)CN([C@H]2CCN(CC(F)(F)F)C2=O)CC1. The summed E-state index contributed by atoms with van der Waals surface area (Å²) in [6, 6.07) is -0.400. The van der Waals surface area contributed by atoms with Gasteiger partial charge in [0.1, 0.15) is 6.54 Å². The quantitative estimate of drug-likeness (QED) is 0.771. The summed E-state index contributed by atoms with van der Waals surface area (Å²) in [6.45, 7) is 2.43. The summed E-state index contributed by atoms with van der Waals surface area (Å²) in [4.78, 5) is 14.9. The van der Waals surface area contributed by atoms with Gasteiger partial charge in [-0.05, 0) is 19.8 Å². The molecule has 0 aromatic heterocycles. The lowest BCUT2D eigenvalue weighted by Crippen LogP contribution is -2.46. The highest BCUT2D eigenvalue weighted by atomic mass is 79.9. The molecule has 3 nitrogen and oxygen atoms in total. The lowest BCUT2D eigenvalue weighted by atomic mass is 10.1. The number of alkyl halides is 3. The zero-order valence-electron chi connectivity index (χ0n) is 10.6. The third-order valence-electron chi connectivity index (χ3n) is 3.66. The molecule has 2 aliphatic rings. The van der Waals surface area contributed by atoms with Crippen LogP contribution in [0.5, 0.6) is 0 Å². The lowest BCUT2D eigenvalue weighted by molar-refractivity contribution is -0.159. The van der Waals surface area contributed by atoms with Gasteiger partial charge in [0.25, 0.3) is 0 Å². The molecule has 0 aromatic rings. The third kappa shape index (κ3) is 3.51. The molecular formula is C12H16BrF3N2O. The van der Waals surface area contributed by atoms with E-state index in [4.69, 9.17) is 0 Å². The number of hydrogen-bond acceptors (Lipinski definition) is 2. The van der Waals surface area contributed by atoms with E-state index in [1.807, 2.05) is 11.8 Å². The van der Waals surface area contributed by atoms with E-state index >= 15 is 0 Å². The third-order valence-corrected chi connectivity index (χ3v) is 4.59. The fourth-order valence-corrected chi connectivity index (χ4v) is 3.06. The zero-order valence-corrected chi connectivity index (χ0v) is 12.2. The van der Waals surface area contributed by atoms with E-state index in [2.05, 4.69) is 15.9 Å². The molecule has 2 heterocycles. The molecule has 19 heavy (non-hydrogen) atoms. The summed E-state index contributed by atoms with van der Waals surface area (Å²) in [5.74, 6) is -0.392. The first-order valence-electron chi connectivity index (χ1n) is 6.21. The van der Waals surface area contributed by atoms with Crippen molar-refractivity contribution in [1.82, 2.24) is 9.80 Å². The van der Waals surface area contributed by atoms with Crippen LogP contribution in [0.15, 0.2) is 10.1 Å². The second-order valence-electron chi connectivity index (χ2n) is 5.09. The average molecular weight is 341 g/mol. The monoisotopic (exact) mass is 340 g/mol. The molecule has 0 spiro atoms. The van der Waals surface area contributed by atoms with E-state index in [1.165, 1.54) is 5.57 Å². The van der Waals surface area contributed by atoms with Crippen LogP contribution in [-0.2, 0) is 4.79 Å². The number of halogens is 4. The van der Waals surface area contributed by atoms with E-state index in [-0.39, 0.29) is 6.54 Å². The van der Waals surface area contributed by atoms with Crippen molar-refractivity contribution in [3.05, 3.63) is 10.1 Å². The fourth-order valence-electron chi connectivity index (χ4n) is 2.54. The summed E-state index contributed by atoms with van der Waals surface area (Å²) in [5, 5.41) is 0. The largest absolute Gasteiger partial charge is 0.406 e. The van der Waals surface area contributed by atoms with Crippen molar-refractivity contribution in [1.29, 1.82) is 0 Å². The molecule has 0 saturated carbocycles. The number of hydrogen-bond donors (Lipinski definition) is 0. The van der Waals surface area contributed by atoms with E-state index in [0.29, 0.717) is 13.0 Å². The molecule has 0 unspecified atom stereocenters. The van der Waals surface area contributed by atoms with Crippen LogP contribution in [-0.4, -0.2) is 54.1 Å². The highest BCUT2D eigenvalue weighted by Crippen LogP contribution is 2.28. The minimum absolute atomic E-state index is 0.194. The van der Waals surface area contributed by atoms with Crippen LogP contribution in [0.4, 0.5) is 13.2 Å². The van der Waals surface area contributed by atoms with Crippen LogP contribution < -0.4 is 0 Å². The van der Waals surface area contributed by atoms with Gasteiger partial charge in [0.15, 0.2) is 0 Å². The Morgan fingerprint density at radius 2 is 2.05 bits per heavy atom. The van der Waals surface area contributed by atoms with Crippen LogP contribution in [0, 0.1) is 0 Å². The maximum absolute atomic E-state index is 12.3. The summed E-state index contributed by atoms with van der Waals surface area (Å²) >= 11 is 3.46. The highest BCUT2D eigenvalue weighted by molar-refractivity contribution is 9.11. The molecule has 0 radical (unpaired) electrons. The Morgan fingerprint density at radius 3 is 2.63 bits per heavy atom. The summed E-state index contributed by atoms with van der Waals surface area (Å²) in [5.41, 5.74) is 1.24. The first-order valence-corrected chi connectivity index (χ1v) is 7.01. The molecule has 7 heteroatoms. The van der Waals surface area contributed by atoms with Crippen LogP contribution >= 0.6 is 15.9 Å². The van der Waals surface area contributed by atoms with Gasteiger partial charge >= 0.3 is 6.18 Å². The van der Waals surface area contributed by atoms with E-state index < -0.39 is 24.7 Å². The summed E-state index contributed by atoms with van der Waals surface area (Å²) < 4.78 is 38.1. The van der Waals surface area contributed by atoms with Crippen molar-refractivity contribution in [3.8, 4) is 0 Å². The molecule has 0 aromatic carbocycles. The van der Waals surface area contributed by atoms with Gasteiger partial charge in [-0.15, -0.1) is 0 Å². The molecule has 1 fully saturated rings. The van der Waals surface area contributed by atoms with Gasteiger partial charge in [0.2, 0.25) is 5.91 Å². The Hall–Kier alpha value is -0.560. The number of carbonyl (C=O) groups is 1. The minimum Gasteiger partial charge on any atom is -0.332 e. The molecule has 108 valence electrons. The van der Waals surface area contributed by atoms with Crippen molar-refractivity contribution in [2.45, 2.75) is 32.0 Å². The van der Waals surface area contributed by atoms with E-state index in [0.717, 1.165) is 22.3 Å². The first kappa shape index (κ1) is 14.8. The molecule has 0 bridgehead atoms. The molecule has 1 atom stereocenters. The number of amides is 1. The number of nitrogens with zero attached hydrogens (tertiary/aromatic N) is 2. The molecule has 2 rings (SSSR count). The van der Waals surface area contributed by atoms with Gasteiger partial charge in [-0.2, -0.15) is 13.2 Å². The van der Waals surface area contributed by atoms with Crippen molar-refractivity contribution < 1.29 is 18.0 Å². The van der Waals surface area contributed by atoms with Crippen molar-refractivity contribution in [3.63, 3.8) is 0 Å². The highest BCUT2D eigenvalue weighted by Gasteiger charge is 2.41. The molecular weight excluding hydrogens is 325 g/mol. The van der Waals surface area contributed by atoms with Gasteiger partial charge in [0, 0.05) is 24.1 Å². The van der Waals surface area contributed by atoms with Crippen LogP contribution in [0.25, 0.3) is 0 Å². The van der Waals surface area contributed by atoms with Gasteiger partial charge in [-0.3, -0.25) is 9.69 Å². The maximum atomic E-state index is 12.3. The fraction of sp³-hybridized carbons (Fsp3) is 0.750. The lowest BCUT2D eigenvalue weighted by Gasteiger charge is -2.32. The average Bonchev–Trinajstić information content (AvgIpc) is 2.63. The predicted octanol–water partition coefficient (Wildman–Crippen LogP) is 2.52. The van der Waals surface area contributed by atoms with Crippen LogP contribution in [0.3, 0.4) is 0 Å². The van der Waals surface area contributed by atoms with Gasteiger partial charge in [0.05, 0.1) is 6.04 Å². The normalized spacial score (nSPS) is 26.5. The van der Waals surface area contributed by atoms with Gasteiger partial charge in [-0.25, -0.2) is 0 Å². The first-order chi connectivity index (χ1) is 8.78. The molecule has 1 saturated heterocycles. The van der Waals surface area contributed by atoms with Crippen LogP contribution in [0.1, 0.15) is 19.8 Å². The Balaban J connectivity index is 1.99. The summed E-state index contributed by atoms with van der Waals surface area (Å²) in [6.07, 6.45) is -2.98. The predicted molar refractivity (Wildman–Crippen MR) is 68.9 cm³/mol. The number of likely N-dealkylation sites (tertiary alicyclic amines) is 1. The van der Waals surface area contributed by atoms with Crippen molar-refractivity contribution in [2.75, 3.05) is 26.2 Å². The van der Waals surface area contributed by atoms with Crippen molar-refractivity contribution >= 4 is 21.8 Å². The van der Waals surface area contributed by atoms with Gasteiger partial charge < -0.3 is 4.90 Å². The number of carbonyl (C=O) groups excluding carboxylic acids is 1. The molecule has 0 N–H and O–H groups in total. The minimum atomic E-state index is -4.32. The molecule has 0 aliphatic carbocycles. The molecule has 2 aliphatic heterocycles. The standard InChI is InChI=1S/C12H16BrF3N2O/c1-8-2-4-17(6-9(8)13)10-3-5-18(11(10)19)7-12(14,15)16/h10H,2-7H2,1H3/t10-/m0/s1. The Morgan fingerprint density at radius 1 is 1.37 bits per heavy atom. The Kier molecular flexibility index (Phi) is 4.25. The van der Waals surface area contributed by atoms with Crippen LogP contribution in [0.2, 0.25) is 0 Å². The zero-order chi connectivity index (χ0) is 14.2. The Labute approximate surface area is 118 Å². The second kappa shape index (κ2) is 5.44. The van der Waals surface area contributed by atoms with E-state index in [1.54, 1.807) is 0 Å². The number of rotatable bonds is 2. The maximum Gasteiger partial charge on any atom is 0.406 e. The smallest absolute Gasteiger partial charge is 0.332 e.